The molecule has 272 valence electrons. The summed E-state index contributed by atoms with van der Waals surface area (Å²) in [6.45, 7) is 28.7. The molecule has 0 aliphatic carbocycles. The third-order valence-electron chi connectivity index (χ3n) is 6.21. The first-order chi connectivity index (χ1) is 22.3. The molecule has 49 heavy (non-hydrogen) atoms. The van der Waals surface area contributed by atoms with Gasteiger partial charge in [-0.3, -0.25) is 10.8 Å². The van der Waals surface area contributed by atoms with E-state index in [4.69, 9.17) is 26.7 Å². The summed E-state index contributed by atoms with van der Waals surface area (Å²) in [7, 11) is -4.77. The van der Waals surface area contributed by atoms with Crippen molar-refractivity contribution in [1.82, 2.24) is 0 Å². The van der Waals surface area contributed by atoms with Crippen LogP contribution in [0.5, 0.6) is 0 Å². The van der Waals surface area contributed by atoms with Gasteiger partial charge in [0.05, 0.1) is 11.1 Å². The van der Waals surface area contributed by atoms with Gasteiger partial charge in [-0.15, -0.1) is 17.5 Å². The van der Waals surface area contributed by atoms with Crippen molar-refractivity contribution in [1.29, 1.82) is 10.8 Å². The molecule has 0 saturated carbocycles. The molecule has 6 nitrogen and oxygen atoms in total. The molecule has 2 aromatic carbocycles. The van der Waals surface area contributed by atoms with Crippen molar-refractivity contribution >= 4 is 71.5 Å². The summed E-state index contributed by atoms with van der Waals surface area (Å²) in [4.78, 5) is 0. The van der Waals surface area contributed by atoms with Crippen LogP contribution in [-0.2, 0) is 9.47 Å². The fraction of sp³-hybridized carbons (Fsp3) is 0.500. The van der Waals surface area contributed by atoms with Crippen LogP contribution in [0.2, 0.25) is 90.7 Å². The first-order valence-corrected chi connectivity index (χ1v) is 31.6. The molecule has 0 fully saturated rings. The fourth-order valence-electron chi connectivity index (χ4n) is 3.23. The van der Waals surface area contributed by atoms with E-state index in [1.54, 1.807) is 30.3 Å². The van der Waals surface area contributed by atoms with Crippen LogP contribution in [-0.4, -0.2) is 70.9 Å². The zero-order chi connectivity index (χ0) is 38.1. The number of hydrogen-bond acceptors (Lipinski definition) is 6. The van der Waals surface area contributed by atoms with Gasteiger partial charge in [0.25, 0.3) is 0 Å². The lowest BCUT2D eigenvalue weighted by molar-refractivity contribution is 0.166. The molecule has 0 spiro atoms. The van der Waals surface area contributed by atoms with Crippen LogP contribution < -0.4 is 10.6 Å². The van der Waals surface area contributed by atoms with Crippen molar-refractivity contribution < 1.29 is 18.3 Å². The van der Waals surface area contributed by atoms with Gasteiger partial charge in [-0.2, -0.15) is 8.78 Å². The Morgan fingerprint density at radius 3 is 1.49 bits per heavy atom. The molecule has 0 amide bonds. The van der Waals surface area contributed by atoms with Crippen LogP contribution in [0.1, 0.15) is 16.7 Å². The zero-order valence-corrected chi connectivity index (χ0v) is 37.3. The van der Waals surface area contributed by atoms with Gasteiger partial charge in [0, 0.05) is 50.8 Å². The summed E-state index contributed by atoms with van der Waals surface area (Å²) in [5, 5.41) is 20.5. The highest BCUT2D eigenvalue weighted by Crippen LogP contribution is 2.22. The third-order valence-corrected chi connectivity index (χ3v) is 11.9. The summed E-state index contributed by atoms with van der Waals surface area (Å²) in [6, 6.07) is 12.5. The maximum Gasteiger partial charge on any atom is 0.214 e. The Balaban J connectivity index is 0.000000821. The molecule has 2 rings (SSSR count). The average molecular weight is 810 g/mol. The summed E-state index contributed by atoms with van der Waals surface area (Å²) in [5.41, 5.74) is 8.34. The third kappa shape index (κ3) is 25.3. The highest BCUT2D eigenvalue weighted by atomic mass is 79.9. The second kappa shape index (κ2) is 21.8. The number of rotatable bonds is 14. The fourth-order valence-corrected chi connectivity index (χ4v) is 5.62. The van der Waals surface area contributed by atoms with Crippen molar-refractivity contribution in [3.63, 3.8) is 0 Å². The van der Waals surface area contributed by atoms with E-state index in [9.17, 15) is 8.78 Å². The number of nitrogens with one attached hydrogen (secondary N) is 4. The van der Waals surface area contributed by atoms with Crippen LogP contribution in [0.15, 0.2) is 40.9 Å². The Labute approximate surface area is 308 Å². The van der Waals surface area contributed by atoms with Gasteiger partial charge in [-0.25, -0.2) is 0 Å². The Morgan fingerprint density at radius 2 is 1.12 bits per heavy atom. The molecule has 13 heteroatoms. The maximum atomic E-state index is 13.5. The van der Waals surface area contributed by atoms with Crippen molar-refractivity contribution in [3.05, 3.63) is 57.6 Å². The van der Waals surface area contributed by atoms with Crippen molar-refractivity contribution in [3.8, 4) is 23.4 Å². The minimum Gasteiger partial charge on any atom is -0.362 e. The van der Waals surface area contributed by atoms with Gasteiger partial charge in [-0.1, -0.05) is 100 Å². The van der Waals surface area contributed by atoms with Crippen LogP contribution >= 0.6 is 15.9 Å². The summed E-state index contributed by atoms with van der Waals surface area (Å²) in [6.07, 6.45) is 5.12. The SMILES string of the molecule is C#C[Si](C)(C)C.C[Si](C)(C)C#Cc1ccc(NCOCC[Si](C)(C)C)c(C(=N)F)c1.C[Si](C)(C)CCOCNc1ccc(Br)cc1C(=N)F. The minimum atomic E-state index is -1.48. The van der Waals surface area contributed by atoms with E-state index in [0.29, 0.717) is 38.1 Å². The average Bonchev–Trinajstić information content (AvgIpc) is 2.95. The Morgan fingerprint density at radius 1 is 0.714 bits per heavy atom. The predicted octanol–water partition coefficient (Wildman–Crippen LogP) is 10.9. The first kappa shape index (κ1) is 46.6. The molecule has 2 aromatic rings. The molecule has 0 atom stereocenters. The summed E-state index contributed by atoms with van der Waals surface area (Å²) < 4.78 is 38.5. The molecule has 0 saturated heterocycles. The lowest BCUT2D eigenvalue weighted by Gasteiger charge is -2.16. The Kier molecular flexibility index (Phi) is 20.7. The molecule has 0 heterocycles. The van der Waals surface area contributed by atoms with Crippen LogP contribution in [0.3, 0.4) is 0 Å². The van der Waals surface area contributed by atoms with E-state index in [2.05, 4.69) is 122 Å². The standard InChI is InChI=1S/C18H29FN2OSi2.C13H20BrFN2OSi.C5H10Si/c1-23(2,3)11-9-15-7-8-17(16(13-15)18(19)20)21-14-22-10-12-24(4,5)6;1-19(2,3)7-6-18-9-17-12-5-4-10(14)8-11(12)13(15)16;1-5-6(2,3)4/h7-8,13,20-21H,10,12,14H2,1-6H3;4-5,8,16-17H,6-7,9H2,1-3H3;1H,2-4H3. The van der Waals surface area contributed by atoms with Gasteiger partial charge in [0.1, 0.15) is 29.6 Å². The number of terminal acetylenes is 1. The second-order valence-corrected chi connectivity index (χ2v) is 37.7. The summed E-state index contributed by atoms with van der Waals surface area (Å²) in [5.74, 6) is 1.18. The normalized spacial score (nSPS) is 11.4. The van der Waals surface area contributed by atoms with Gasteiger partial charge < -0.3 is 20.1 Å². The maximum absolute atomic E-state index is 13.5. The molecular formula is C36H59BrF2N4O2Si4. The van der Waals surface area contributed by atoms with Gasteiger partial charge >= 0.3 is 0 Å². The second-order valence-electron chi connectivity index (χ2n) is 16.1. The van der Waals surface area contributed by atoms with Gasteiger partial charge in [0.2, 0.25) is 11.9 Å². The van der Waals surface area contributed by atoms with Crippen molar-refractivity contribution in [2.45, 2.75) is 90.7 Å². The Bertz CT molecular complexity index is 1460. The number of halogens is 3. The lowest BCUT2D eigenvalue weighted by Crippen LogP contribution is -2.22. The van der Waals surface area contributed by atoms with E-state index in [1.807, 2.05) is 6.07 Å². The molecule has 0 bridgehead atoms. The van der Waals surface area contributed by atoms with Crippen LogP contribution in [0.4, 0.5) is 20.2 Å². The highest BCUT2D eigenvalue weighted by molar-refractivity contribution is 9.10. The van der Waals surface area contributed by atoms with E-state index in [0.717, 1.165) is 22.1 Å². The summed E-state index contributed by atoms with van der Waals surface area (Å²) >= 11 is 3.26. The smallest absolute Gasteiger partial charge is 0.214 e. The van der Waals surface area contributed by atoms with E-state index < -0.39 is 44.2 Å². The highest BCUT2D eigenvalue weighted by Gasteiger charge is 2.14. The molecule has 0 radical (unpaired) electrons. The topological polar surface area (TPSA) is 90.2 Å². The number of anilines is 2. The Hall–Kier alpha value is -2.37. The first-order valence-electron chi connectivity index (χ1n) is 16.4. The van der Waals surface area contributed by atoms with E-state index in [-0.39, 0.29) is 11.1 Å². The largest absolute Gasteiger partial charge is 0.362 e. The number of ether oxygens (including phenoxy) is 2. The number of hydrogen-bond donors (Lipinski definition) is 4. The van der Waals surface area contributed by atoms with E-state index in [1.165, 1.54) is 0 Å². The minimum absolute atomic E-state index is 0.228. The van der Waals surface area contributed by atoms with Gasteiger partial charge in [-0.05, 0) is 48.5 Å². The monoisotopic (exact) mass is 808 g/mol. The molecular weight excluding hydrogens is 751 g/mol. The molecule has 4 N–H and O–H groups in total. The lowest BCUT2D eigenvalue weighted by atomic mass is 10.1. The van der Waals surface area contributed by atoms with E-state index >= 15 is 0 Å². The van der Waals surface area contributed by atoms with Gasteiger partial charge in [0.15, 0.2) is 0 Å². The molecule has 0 aliphatic heterocycles. The molecule has 0 unspecified atom stereocenters. The molecule has 0 aliphatic rings. The number of benzene rings is 2. The van der Waals surface area contributed by atoms with Crippen molar-refractivity contribution in [2.75, 3.05) is 37.3 Å². The zero-order valence-electron chi connectivity index (χ0n) is 31.7. The molecule has 0 aromatic heterocycles. The van der Waals surface area contributed by atoms with Crippen LogP contribution in [0.25, 0.3) is 0 Å². The van der Waals surface area contributed by atoms with Crippen molar-refractivity contribution in [2.24, 2.45) is 0 Å². The quantitative estimate of drug-likeness (QED) is 0.0503. The van der Waals surface area contributed by atoms with Crippen LogP contribution in [0, 0.1) is 34.2 Å². The predicted molar refractivity (Wildman–Crippen MR) is 224 cm³/mol.